The zero-order valence-electron chi connectivity index (χ0n) is 8.21. The summed E-state index contributed by atoms with van der Waals surface area (Å²) in [5.41, 5.74) is 1.04. The van der Waals surface area contributed by atoms with Gasteiger partial charge in [-0.2, -0.15) is 0 Å². The predicted molar refractivity (Wildman–Crippen MR) is 51.5 cm³/mol. The zero-order valence-corrected chi connectivity index (χ0v) is 8.21. The van der Waals surface area contributed by atoms with E-state index in [0.29, 0.717) is 11.7 Å². The van der Waals surface area contributed by atoms with E-state index in [1.807, 2.05) is 0 Å². The Hall–Kier alpha value is -1.32. The van der Waals surface area contributed by atoms with Crippen LogP contribution in [0.5, 0.6) is 0 Å². The maximum atomic E-state index is 10.9. The van der Waals surface area contributed by atoms with E-state index in [-0.39, 0.29) is 5.69 Å². The summed E-state index contributed by atoms with van der Waals surface area (Å²) in [6.45, 7) is 1.80. The first-order valence-corrected chi connectivity index (χ1v) is 4.98. The Bertz CT molecular complexity index is 351. The van der Waals surface area contributed by atoms with Gasteiger partial charge in [0.1, 0.15) is 5.82 Å². The quantitative estimate of drug-likeness (QED) is 0.757. The highest BCUT2D eigenvalue weighted by molar-refractivity contribution is 5.87. The van der Waals surface area contributed by atoms with Gasteiger partial charge in [-0.1, -0.05) is 12.8 Å². The van der Waals surface area contributed by atoms with Gasteiger partial charge in [0.05, 0.1) is 5.69 Å². The number of rotatable bonds is 2. The number of nitrogens with zero attached hydrogens (tertiary/aromatic N) is 1. The SMILES string of the molecule is Cc1nc(C(=O)O)c(C2CCCC2)[nH]1. The summed E-state index contributed by atoms with van der Waals surface area (Å²) in [4.78, 5) is 18.0. The molecule has 2 rings (SSSR count). The summed E-state index contributed by atoms with van der Waals surface area (Å²) in [5, 5.41) is 8.96. The lowest BCUT2D eigenvalue weighted by atomic mass is 10.0. The van der Waals surface area contributed by atoms with Crippen molar-refractivity contribution in [2.45, 2.75) is 38.5 Å². The first-order chi connectivity index (χ1) is 6.68. The van der Waals surface area contributed by atoms with Gasteiger partial charge in [0, 0.05) is 5.92 Å². The molecule has 0 aromatic carbocycles. The highest BCUT2D eigenvalue weighted by Gasteiger charge is 2.25. The lowest BCUT2D eigenvalue weighted by Crippen LogP contribution is -2.04. The van der Waals surface area contributed by atoms with E-state index in [1.165, 1.54) is 12.8 Å². The number of aromatic nitrogens is 2. The van der Waals surface area contributed by atoms with Crippen LogP contribution in [-0.2, 0) is 0 Å². The normalized spacial score (nSPS) is 17.5. The summed E-state index contributed by atoms with van der Waals surface area (Å²) < 4.78 is 0. The molecule has 1 aliphatic rings. The van der Waals surface area contributed by atoms with Gasteiger partial charge in [0.2, 0.25) is 0 Å². The van der Waals surface area contributed by atoms with Crippen molar-refractivity contribution in [2.75, 3.05) is 0 Å². The topological polar surface area (TPSA) is 66.0 Å². The number of carboxylic acid groups (broad SMARTS) is 1. The molecule has 2 N–H and O–H groups in total. The number of hydrogen-bond acceptors (Lipinski definition) is 2. The molecule has 4 heteroatoms. The molecule has 1 aliphatic carbocycles. The summed E-state index contributed by atoms with van der Waals surface area (Å²) in [6, 6.07) is 0. The van der Waals surface area contributed by atoms with Gasteiger partial charge in [0.15, 0.2) is 5.69 Å². The van der Waals surface area contributed by atoms with Gasteiger partial charge < -0.3 is 10.1 Å². The van der Waals surface area contributed by atoms with Crippen molar-refractivity contribution >= 4 is 5.97 Å². The van der Waals surface area contributed by atoms with Crippen LogP contribution in [0, 0.1) is 6.92 Å². The average Bonchev–Trinajstić information content (AvgIpc) is 2.70. The van der Waals surface area contributed by atoms with Gasteiger partial charge in [-0.25, -0.2) is 9.78 Å². The van der Waals surface area contributed by atoms with Gasteiger partial charge in [-0.05, 0) is 19.8 Å². The number of aryl methyl sites for hydroxylation is 1. The summed E-state index contributed by atoms with van der Waals surface area (Å²) in [7, 11) is 0. The molecule has 76 valence electrons. The Kier molecular flexibility index (Phi) is 2.27. The van der Waals surface area contributed by atoms with Gasteiger partial charge in [0.25, 0.3) is 0 Å². The van der Waals surface area contributed by atoms with E-state index in [0.717, 1.165) is 18.5 Å². The number of carbonyl (C=O) groups is 1. The largest absolute Gasteiger partial charge is 0.476 e. The third-order valence-corrected chi connectivity index (χ3v) is 2.82. The highest BCUT2D eigenvalue weighted by Crippen LogP contribution is 2.34. The van der Waals surface area contributed by atoms with E-state index in [4.69, 9.17) is 5.11 Å². The van der Waals surface area contributed by atoms with E-state index >= 15 is 0 Å². The van der Waals surface area contributed by atoms with Crippen LogP contribution in [-0.4, -0.2) is 21.0 Å². The Morgan fingerprint density at radius 3 is 2.71 bits per heavy atom. The van der Waals surface area contributed by atoms with Crippen molar-refractivity contribution in [1.29, 1.82) is 0 Å². The maximum absolute atomic E-state index is 10.9. The molecule has 14 heavy (non-hydrogen) atoms. The van der Waals surface area contributed by atoms with Crippen LogP contribution < -0.4 is 0 Å². The smallest absolute Gasteiger partial charge is 0.356 e. The minimum absolute atomic E-state index is 0.217. The van der Waals surface area contributed by atoms with Gasteiger partial charge >= 0.3 is 5.97 Å². The van der Waals surface area contributed by atoms with E-state index in [2.05, 4.69) is 9.97 Å². The molecular weight excluding hydrogens is 180 g/mol. The van der Waals surface area contributed by atoms with Crippen molar-refractivity contribution in [3.63, 3.8) is 0 Å². The number of hydrogen-bond donors (Lipinski definition) is 2. The van der Waals surface area contributed by atoms with Crippen LogP contribution in [0.25, 0.3) is 0 Å². The molecule has 0 amide bonds. The molecule has 1 fully saturated rings. The highest BCUT2D eigenvalue weighted by atomic mass is 16.4. The molecule has 4 nitrogen and oxygen atoms in total. The number of imidazole rings is 1. The molecule has 0 saturated heterocycles. The molecule has 1 saturated carbocycles. The average molecular weight is 194 g/mol. The molecule has 1 heterocycles. The summed E-state index contributed by atoms with van der Waals surface area (Å²) >= 11 is 0. The second kappa shape index (κ2) is 3.44. The Morgan fingerprint density at radius 2 is 2.14 bits per heavy atom. The number of aromatic amines is 1. The van der Waals surface area contributed by atoms with Crippen molar-refractivity contribution in [2.24, 2.45) is 0 Å². The number of H-pyrrole nitrogens is 1. The van der Waals surface area contributed by atoms with Gasteiger partial charge in [-0.15, -0.1) is 0 Å². The Balaban J connectivity index is 2.35. The fourth-order valence-electron chi connectivity index (χ4n) is 2.18. The third kappa shape index (κ3) is 1.52. The molecule has 0 aliphatic heterocycles. The fourth-order valence-corrected chi connectivity index (χ4v) is 2.18. The lowest BCUT2D eigenvalue weighted by molar-refractivity contribution is 0.0689. The molecular formula is C10H14N2O2. The van der Waals surface area contributed by atoms with Gasteiger partial charge in [-0.3, -0.25) is 0 Å². The fraction of sp³-hybridized carbons (Fsp3) is 0.600. The number of aromatic carboxylic acids is 1. The molecule has 1 aromatic heterocycles. The van der Waals surface area contributed by atoms with Crippen LogP contribution in [0.3, 0.4) is 0 Å². The zero-order chi connectivity index (χ0) is 10.1. The second-order valence-electron chi connectivity index (χ2n) is 3.87. The standard InChI is InChI=1S/C10H14N2O2/c1-6-11-8(7-4-2-3-5-7)9(12-6)10(13)14/h7H,2-5H2,1H3,(H,11,12)(H,13,14). The van der Waals surface area contributed by atoms with Crippen LogP contribution in [0.15, 0.2) is 0 Å². The summed E-state index contributed by atoms with van der Waals surface area (Å²) in [6.07, 6.45) is 4.56. The first-order valence-electron chi connectivity index (χ1n) is 4.98. The Morgan fingerprint density at radius 1 is 1.50 bits per heavy atom. The van der Waals surface area contributed by atoms with Crippen LogP contribution in [0.4, 0.5) is 0 Å². The number of carboxylic acids is 1. The maximum Gasteiger partial charge on any atom is 0.356 e. The van der Waals surface area contributed by atoms with Crippen molar-refractivity contribution < 1.29 is 9.90 Å². The van der Waals surface area contributed by atoms with E-state index in [1.54, 1.807) is 6.92 Å². The number of nitrogens with one attached hydrogen (secondary N) is 1. The van der Waals surface area contributed by atoms with E-state index < -0.39 is 5.97 Å². The molecule has 0 spiro atoms. The molecule has 1 aromatic rings. The first kappa shape index (κ1) is 9.24. The monoisotopic (exact) mass is 194 g/mol. The minimum atomic E-state index is -0.920. The van der Waals surface area contributed by atoms with Crippen LogP contribution >= 0.6 is 0 Å². The van der Waals surface area contributed by atoms with Crippen molar-refractivity contribution in [3.05, 3.63) is 17.2 Å². The predicted octanol–water partition coefficient (Wildman–Crippen LogP) is 2.07. The summed E-state index contributed by atoms with van der Waals surface area (Å²) in [5.74, 6) is 0.155. The lowest BCUT2D eigenvalue weighted by Gasteiger charge is -2.06. The molecule has 0 unspecified atom stereocenters. The van der Waals surface area contributed by atoms with Crippen molar-refractivity contribution in [3.8, 4) is 0 Å². The molecule has 0 bridgehead atoms. The second-order valence-corrected chi connectivity index (χ2v) is 3.87. The van der Waals surface area contributed by atoms with Crippen molar-refractivity contribution in [1.82, 2.24) is 9.97 Å². The molecule has 0 atom stereocenters. The van der Waals surface area contributed by atoms with Crippen LogP contribution in [0.2, 0.25) is 0 Å². The van der Waals surface area contributed by atoms with Crippen LogP contribution in [0.1, 0.15) is 53.6 Å². The molecule has 0 radical (unpaired) electrons. The third-order valence-electron chi connectivity index (χ3n) is 2.82. The Labute approximate surface area is 82.4 Å². The van der Waals surface area contributed by atoms with E-state index in [9.17, 15) is 4.79 Å². The minimum Gasteiger partial charge on any atom is -0.476 e.